The molecule has 1 fully saturated rings. The minimum absolute atomic E-state index is 0.143. The van der Waals surface area contributed by atoms with Crippen LogP contribution >= 0.6 is 0 Å². The molecule has 1 aromatic heterocycles. The van der Waals surface area contributed by atoms with E-state index < -0.39 is 39.2 Å². The summed E-state index contributed by atoms with van der Waals surface area (Å²) in [5.74, 6) is -3.65. The molecule has 1 N–H and O–H groups in total. The van der Waals surface area contributed by atoms with Crippen molar-refractivity contribution in [1.82, 2.24) is 15.2 Å². The smallest absolute Gasteiger partial charge is 0.266 e. The highest BCUT2D eigenvalue weighted by atomic mass is 32.2. The van der Waals surface area contributed by atoms with Crippen molar-refractivity contribution in [3.8, 4) is 0 Å². The van der Waals surface area contributed by atoms with Gasteiger partial charge in [0.25, 0.3) is 5.89 Å². The van der Waals surface area contributed by atoms with Gasteiger partial charge in [0.2, 0.25) is 17.6 Å². The van der Waals surface area contributed by atoms with E-state index in [-0.39, 0.29) is 30.4 Å². The molecule has 11 heteroatoms. The molecule has 2 aromatic carbocycles. The summed E-state index contributed by atoms with van der Waals surface area (Å²) < 4.78 is 37.0. The van der Waals surface area contributed by atoms with E-state index in [4.69, 9.17) is 9.15 Å². The van der Waals surface area contributed by atoms with Crippen molar-refractivity contribution in [2.24, 2.45) is 5.92 Å². The number of hydrogen-bond acceptors (Lipinski definition) is 8. The number of Topliss-reactive ketones (excluding diaryl/α,β-unsaturated/α-hetero) is 1. The topological polar surface area (TPSA) is 136 Å². The predicted molar refractivity (Wildman–Crippen MR) is 140 cm³/mol. The van der Waals surface area contributed by atoms with Crippen LogP contribution in [0.25, 0.3) is 11.1 Å². The molecular weight excluding hydrogens is 510 g/mol. The summed E-state index contributed by atoms with van der Waals surface area (Å²) in [6.07, 6.45) is -0.0719. The van der Waals surface area contributed by atoms with Crippen molar-refractivity contribution in [3.63, 3.8) is 0 Å². The second-order valence-corrected chi connectivity index (χ2v) is 11.4. The van der Waals surface area contributed by atoms with E-state index in [1.165, 1.54) is 0 Å². The number of hydrogen-bond donors (Lipinski definition) is 1. The van der Waals surface area contributed by atoms with Crippen LogP contribution in [0.4, 0.5) is 0 Å². The third kappa shape index (κ3) is 7.05. The van der Waals surface area contributed by atoms with Crippen LogP contribution in [0, 0.1) is 5.92 Å². The summed E-state index contributed by atoms with van der Waals surface area (Å²) in [6.45, 7) is 3.22. The first-order valence-corrected chi connectivity index (χ1v) is 14.4. The Labute approximate surface area is 221 Å². The molecule has 202 valence electrons. The van der Waals surface area contributed by atoms with Gasteiger partial charge in [0.15, 0.2) is 15.4 Å². The van der Waals surface area contributed by atoms with Gasteiger partial charge in [-0.3, -0.25) is 14.4 Å². The summed E-state index contributed by atoms with van der Waals surface area (Å²) in [5.41, 5.74) is 1.54. The fraction of sp³-hybridized carbons (Fsp3) is 0.407. The normalized spacial score (nSPS) is 15.7. The van der Waals surface area contributed by atoms with E-state index in [0.717, 1.165) is 0 Å². The molecule has 0 radical (unpaired) electrons. The number of carbonyl (C=O) groups is 3. The van der Waals surface area contributed by atoms with E-state index in [1.54, 1.807) is 66.4 Å². The molecule has 3 aromatic rings. The molecule has 10 nitrogen and oxygen atoms in total. The van der Waals surface area contributed by atoms with Crippen LogP contribution in [0.2, 0.25) is 0 Å². The van der Waals surface area contributed by atoms with Crippen LogP contribution in [0.15, 0.2) is 59.0 Å². The first-order valence-electron chi connectivity index (χ1n) is 12.6. The molecule has 2 atom stereocenters. The number of amides is 2. The highest BCUT2D eigenvalue weighted by Gasteiger charge is 2.33. The number of benzene rings is 2. The molecule has 2 unspecified atom stereocenters. The lowest BCUT2D eigenvalue weighted by Gasteiger charge is -2.28. The number of fused-ring (bicyclic) bond motifs is 1. The van der Waals surface area contributed by atoms with Gasteiger partial charge in [-0.05, 0) is 24.1 Å². The first-order chi connectivity index (χ1) is 18.3. The summed E-state index contributed by atoms with van der Waals surface area (Å²) >= 11 is 0. The van der Waals surface area contributed by atoms with Gasteiger partial charge in [0.1, 0.15) is 5.52 Å². The number of ketones is 1. The fourth-order valence-electron chi connectivity index (χ4n) is 4.34. The standard InChI is InChI=1S/C27H31N3O7S/c1-2-21(25(32)27-29-22-10-6-7-11-23(22)37-27)28-26(33)20(16-24(31)30-12-14-36-15-13-30)18-38(34,35)17-19-8-4-3-5-9-19/h3-11,20-21H,2,12-18H2,1H3,(H,28,33). The van der Waals surface area contributed by atoms with Gasteiger partial charge >= 0.3 is 0 Å². The number of sulfone groups is 1. The lowest BCUT2D eigenvalue weighted by atomic mass is 10.0. The summed E-state index contributed by atoms with van der Waals surface area (Å²) in [6, 6.07) is 14.6. The fourth-order valence-corrected chi connectivity index (χ4v) is 6.04. The lowest BCUT2D eigenvalue weighted by molar-refractivity contribution is -0.139. The van der Waals surface area contributed by atoms with Crippen molar-refractivity contribution in [3.05, 3.63) is 66.1 Å². The Hall–Kier alpha value is -3.57. The number of rotatable bonds is 11. The van der Waals surface area contributed by atoms with Crippen LogP contribution in [-0.2, 0) is 29.9 Å². The van der Waals surface area contributed by atoms with Crippen molar-refractivity contribution < 1.29 is 32.0 Å². The molecule has 1 saturated heterocycles. The minimum atomic E-state index is -3.76. The molecule has 2 amide bonds. The molecule has 4 rings (SSSR count). The zero-order valence-corrected chi connectivity index (χ0v) is 22.0. The molecule has 0 saturated carbocycles. The Balaban J connectivity index is 1.51. The van der Waals surface area contributed by atoms with E-state index in [0.29, 0.717) is 43.0 Å². The third-order valence-corrected chi connectivity index (χ3v) is 8.07. The maximum Gasteiger partial charge on any atom is 0.266 e. The number of nitrogens with one attached hydrogen (secondary N) is 1. The van der Waals surface area contributed by atoms with Gasteiger partial charge in [-0.25, -0.2) is 13.4 Å². The van der Waals surface area contributed by atoms with E-state index in [1.807, 2.05) is 0 Å². The van der Waals surface area contributed by atoms with Crippen LogP contribution in [0.1, 0.15) is 36.0 Å². The number of oxazole rings is 1. The van der Waals surface area contributed by atoms with Gasteiger partial charge in [-0.1, -0.05) is 49.4 Å². The SMILES string of the molecule is CCC(NC(=O)C(CC(=O)N1CCOCC1)CS(=O)(=O)Cc1ccccc1)C(=O)c1nc2ccccc2o1. The Kier molecular flexibility index (Phi) is 8.90. The summed E-state index contributed by atoms with van der Waals surface area (Å²) in [5, 5.41) is 2.66. The van der Waals surface area contributed by atoms with Crippen molar-refractivity contribution >= 4 is 38.5 Å². The second kappa shape index (κ2) is 12.3. The van der Waals surface area contributed by atoms with Crippen molar-refractivity contribution in [1.29, 1.82) is 0 Å². The van der Waals surface area contributed by atoms with Crippen LogP contribution < -0.4 is 5.32 Å². The predicted octanol–water partition coefficient (Wildman–Crippen LogP) is 2.39. The molecule has 38 heavy (non-hydrogen) atoms. The second-order valence-electron chi connectivity index (χ2n) is 9.25. The minimum Gasteiger partial charge on any atom is -0.434 e. The highest BCUT2D eigenvalue weighted by Crippen LogP contribution is 2.19. The molecule has 0 bridgehead atoms. The molecule has 1 aliphatic rings. The molecule has 2 heterocycles. The zero-order chi connectivity index (χ0) is 27.1. The number of carbonyl (C=O) groups excluding carboxylic acids is 3. The Morgan fingerprint density at radius 3 is 2.39 bits per heavy atom. The molecular formula is C27H31N3O7S. The van der Waals surface area contributed by atoms with E-state index in [2.05, 4.69) is 10.3 Å². The average Bonchev–Trinajstić information content (AvgIpc) is 3.36. The molecule has 0 aliphatic carbocycles. The Morgan fingerprint density at radius 2 is 1.71 bits per heavy atom. The number of morpholine rings is 1. The van der Waals surface area contributed by atoms with E-state index in [9.17, 15) is 22.8 Å². The molecule has 0 spiro atoms. The maximum atomic E-state index is 13.4. The monoisotopic (exact) mass is 541 g/mol. The average molecular weight is 542 g/mol. The summed E-state index contributed by atoms with van der Waals surface area (Å²) in [4.78, 5) is 45.3. The lowest BCUT2D eigenvalue weighted by Crippen LogP contribution is -2.47. The summed E-state index contributed by atoms with van der Waals surface area (Å²) in [7, 11) is -3.76. The first kappa shape index (κ1) is 27.5. The van der Waals surface area contributed by atoms with Crippen LogP contribution in [0.5, 0.6) is 0 Å². The number of ether oxygens (including phenoxy) is 1. The van der Waals surface area contributed by atoms with Crippen LogP contribution in [-0.4, -0.2) is 74.0 Å². The van der Waals surface area contributed by atoms with Gasteiger partial charge < -0.3 is 19.4 Å². The van der Waals surface area contributed by atoms with Crippen molar-refractivity contribution in [2.45, 2.75) is 31.6 Å². The van der Waals surface area contributed by atoms with Gasteiger partial charge in [0.05, 0.1) is 36.7 Å². The number of aromatic nitrogens is 1. The quantitative estimate of drug-likeness (QED) is 0.366. The molecule has 1 aliphatic heterocycles. The van der Waals surface area contributed by atoms with Gasteiger partial charge in [-0.15, -0.1) is 0 Å². The number of nitrogens with zero attached hydrogens (tertiary/aromatic N) is 2. The zero-order valence-electron chi connectivity index (χ0n) is 21.2. The Bertz CT molecular complexity index is 1350. The Morgan fingerprint density at radius 1 is 1.03 bits per heavy atom. The van der Waals surface area contributed by atoms with Crippen LogP contribution in [0.3, 0.4) is 0 Å². The van der Waals surface area contributed by atoms with Crippen molar-refractivity contribution in [2.75, 3.05) is 32.1 Å². The highest BCUT2D eigenvalue weighted by molar-refractivity contribution is 7.90. The van der Waals surface area contributed by atoms with Gasteiger partial charge in [0, 0.05) is 19.5 Å². The largest absolute Gasteiger partial charge is 0.434 e. The maximum absolute atomic E-state index is 13.4. The third-order valence-electron chi connectivity index (χ3n) is 6.39. The van der Waals surface area contributed by atoms with E-state index >= 15 is 0 Å². The van der Waals surface area contributed by atoms with Gasteiger partial charge in [-0.2, -0.15) is 0 Å². The number of para-hydroxylation sites is 2.